The average molecular weight is 1520 g/mol. The monoisotopic (exact) mass is 1520 g/mol. The Hall–Kier alpha value is -6.53. The first kappa shape index (κ1) is 69.0. The number of likely N-dealkylation sites (N-methyl/N-ethyl adjacent to an activating group) is 1. The molecule has 4 saturated heterocycles. The Labute approximate surface area is 507 Å². The van der Waals surface area contributed by atoms with Gasteiger partial charge in [0.2, 0.25) is 17.7 Å². The first-order valence-electron chi connectivity index (χ1n) is 25.8. The molecule has 456 valence electrons. The van der Waals surface area contributed by atoms with Gasteiger partial charge >= 0.3 is 24.2 Å². The molecule has 8 rings (SSSR count). The van der Waals surface area contributed by atoms with Crippen LogP contribution in [0.3, 0.4) is 0 Å². The Kier molecular flexibility index (Phi) is 24.8. The van der Waals surface area contributed by atoms with Crippen molar-refractivity contribution >= 4 is 47.6 Å². The third kappa shape index (κ3) is 18.0. The number of alkyl halides is 3. The summed E-state index contributed by atoms with van der Waals surface area (Å²) in [6.45, 7) is 5.37. The molecular formula is C55H67F3N12O11Pt2-2. The molecule has 6 N–H and O–H groups in total. The number of imide groups is 2. The second kappa shape index (κ2) is 29.8. The number of carbonyl (C=O) groups excluding carboxylic acids is 7. The number of aliphatic carboxylic acids is 1. The van der Waals surface area contributed by atoms with Crippen molar-refractivity contribution in [2.24, 2.45) is 0 Å². The number of fused-ring (bicyclic) bond motifs is 2. The van der Waals surface area contributed by atoms with Crippen LogP contribution in [0.1, 0.15) is 50.2 Å². The maximum absolute atomic E-state index is 13.8. The molecule has 2 aromatic heterocycles. The number of carboxylic acid groups (broad SMARTS) is 1. The fraction of sp³-hybridized carbons (Fsp3) is 0.455. The van der Waals surface area contributed by atoms with Gasteiger partial charge in [0.15, 0.2) is 6.04 Å². The average Bonchev–Trinajstić information content (AvgIpc) is 2.74. The summed E-state index contributed by atoms with van der Waals surface area (Å²) in [6.07, 6.45) is -1.24. The van der Waals surface area contributed by atoms with Crippen molar-refractivity contribution in [2.75, 3.05) is 66.1 Å². The topological polar surface area (TPSA) is 301 Å². The molecule has 4 atom stereocenters. The number of piperazine rings is 2. The fourth-order valence-corrected chi connectivity index (χ4v) is 9.26. The summed E-state index contributed by atoms with van der Waals surface area (Å²) in [5.41, 5.74) is 13.1. The van der Waals surface area contributed by atoms with Gasteiger partial charge in [-0.3, -0.25) is 43.7 Å². The third-order valence-electron chi connectivity index (χ3n) is 13.5. The second-order valence-corrected chi connectivity index (χ2v) is 20.9. The van der Waals surface area contributed by atoms with Crippen LogP contribution in [0.5, 0.6) is 0 Å². The van der Waals surface area contributed by atoms with Crippen LogP contribution in [0.2, 0.25) is 0 Å². The van der Waals surface area contributed by atoms with Gasteiger partial charge in [-0.15, -0.1) is 0 Å². The van der Waals surface area contributed by atoms with E-state index in [9.17, 15) is 51.5 Å². The Morgan fingerprint density at radius 1 is 0.675 bits per heavy atom. The van der Waals surface area contributed by atoms with E-state index in [0.29, 0.717) is 22.8 Å². The fourth-order valence-electron chi connectivity index (χ4n) is 9.26. The number of rotatable bonds is 19. The standard InChI is InChI=1S/C27H33N6O5.C14H15F3N4O2.C14H19N2O4.2Pt/c1-26(2,28)23(35)30-21(17-38-16-19-9-5-4-6-10-19)22(34)32-13-14-33-25(37)31(3)24(36)27(33,18-32)15-20-11-7-8-12-29-20;15-14(16,17)9-20-11(22)13(7-10-3-1-2-4-19-10)8-18-5-6-21(13)12(20)23;1-14(2,15)13(19)16-11(12(17)18)9-20-8-10-6-4-3-5-7-10;;/h4-12,21,28H,13-18H2,1-3H3,(H,30,35);1-4,18H,5-9H2;3-7,11,15H,8-9H2,1-2H3,(H,16,19)(H,17,18);;/q-1;;-1;;/t21-,27+;13-;11-;;/m101../s1. The van der Waals surface area contributed by atoms with Gasteiger partial charge in [0.05, 0.1) is 33.0 Å². The summed E-state index contributed by atoms with van der Waals surface area (Å²) in [4.78, 5) is 114. The Bertz CT molecular complexity index is 2860. The van der Waals surface area contributed by atoms with Crippen molar-refractivity contribution in [2.45, 2.75) is 94.2 Å². The minimum atomic E-state index is -4.63. The van der Waals surface area contributed by atoms with Crippen LogP contribution in [-0.4, -0.2) is 194 Å². The van der Waals surface area contributed by atoms with E-state index in [1.54, 1.807) is 48.8 Å². The van der Waals surface area contributed by atoms with Crippen molar-refractivity contribution < 1.29 is 108 Å². The predicted molar refractivity (Wildman–Crippen MR) is 286 cm³/mol. The summed E-state index contributed by atoms with van der Waals surface area (Å²) in [6, 6.07) is 25.7. The zero-order chi connectivity index (χ0) is 59.3. The number of urea groups is 2. The summed E-state index contributed by atoms with van der Waals surface area (Å²) >= 11 is 0. The molecule has 6 heterocycles. The van der Waals surface area contributed by atoms with Gasteiger partial charge in [-0.25, -0.2) is 14.4 Å². The minimum absolute atomic E-state index is 0. The summed E-state index contributed by atoms with van der Waals surface area (Å²) in [5, 5.41) is 17.0. The molecule has 9 amide bonds. The van der Waals surface area contributed by atoms with E-state index >= 15 is 0 Å². The first-order chi connectivity index (χ1) is 38.2. The number of ether oxygens (including phenoxy) is 2. The van der Waals surface area contributed by atoms with E-state index in [1.165, 1.54) is 49.4 Å². The molecule has 0 saturated carbocycles. The number of aromatic nitrogens is 2. The largest absolute Gasteiger partial charge is 0.664 e. The van der Waals surface area contributed by atoms with E-state index in [2.05, 4.69) is 25.9 Å². The summed E-state index contributed by atoms with van der Waals surface area (Å²) in [7, 11) is 1.44. The Morgan fingerprint density at radius 3 is 1.61 bits per heavy atom. The maximum Gasteiger partial charge on any atom is 0.406 e. The van der Waals surface area contributed by atoms with E-state index in [-0.39, 0.29) is 114 Å². The number of pyridine rings is 2. The summed E-state index contributed by atoms with van der Waals surface area (Å²) < 4.78 is 49.2. The quantitative estimate of drug-likeness (QED) is 0.0965. The molecular weight excluding hydrogens is 1450 g/mol. The number of amides is 9. The van der Waals surface area contributed by atoms with Gasteiger partial charge in [0.1, 0.15) is 23.7 Å². The molecule has 83 heavy (non-hydrogen) atoms. The number of hydrogen-bond acceptors (Lipinski definition) is 13. The van der Waals surface area contributed by atoms with E-state index in [0.717, 1.165) is 16.0 Å². The van der Waals surface area contributed by atoms with Gasteiger partial charge in [0, 0.05) is 119 Å². The first-order valence-corrected chi connectivity index (χ1v) is 25.8. The maximum atomic E-state index is 13.8. The van der Waals surface area contributed by atoms with Crippen LogP contribution in [0.25, 0.3) is 11.5 Å². The molecule has 4 aliphatic heterocycles. The van der Waals surface area contributed by atoms with E-state index in [1.807, 2.05) is 60.7 Å². The molecule has 4 fully saturated rings. The number of hydrogen-bond donors (Lipinski definition) is 4. The smallest absolute Gasteiger partial charge is 0.406 e. The van der Waals surface area contributed by atoms with Gasteiger partial charge in [-0.1, -0.05) is 112 Å². The van der Waals surface area contributed by atoms with Crippen LogP contribution >= 0.6 is 0 Å². The van der Waals surface area contributed by atoms with E-state index < -0.39 is 94.5 Å². The number of nitrogens with one attached hydrogen (secondary N) is 5. The van der Waals surface area contributed by atoms with Crippen LogP contribution in [-0.2, 0) is 106 Å². The molecule has 2 aromatic carbocycles. The normalized spacial score (nSPS) is 19.3. The molecule has 0 radical (unpaired) electrons. The third-order valence-corrected chi connectivity index (χ3v) is 13.5. The number of halogens is 3. The van der Waals surface area contributed by atoms with Gasteiger partial charge in [-0.05, 0) is 35.4 Å². The van der Waals surface area contributed by atoms with Crippen molar-refractivity contribution in [1.82, 2.24) is 50.4 Å². The van der Waals surface area contributed by atoms with Crippen LogP contribution in [0.15, 0.2) is 109 Å². The molecule has 23 nitrogen and oxygen atoms in total. The van der Waals surface area contributed by atoms with Crippen molar-refractivity contribution in [3.8, 4) is 0 Å². The van der Waals surface area contributed by atoms with Gasteiger partial charge < -0.3 is 56.7 Å². The molecule has 28 heteroatoms. The number of carboxylic acids is 1. The molecule has 4 aliphatic rings. The van der Waals surface area contributed by atoms with Crippen LogP contribution in [0, 0.1) is 0 Å². The molecule has 0 bridgehead atoms. The Balaban J connectivity index is 0.000000283. The van der Waals surface area contributed by atoms with Crippen molar-refractivity contribution in [3.63, 3.8) is 0 Å². The molecule has 0 spiro atoms. The number of carbonyl (C=O) groups is 8. The molecule has 0 aliphatic carbocycles. The SMILES string of the molecule is CC(C)([NH-])C(=O)N[C@H](COCc1ccccc1)C(=O)O.CN1C(=O)N2CCN(C(=O)[C@@H](COCc3ccccc3)NC(=O)C(C)(C)[NH-])C[C@@]2(Cc2ccccn2)C1=O.O=C1N(CC(F)(F)F)C(=O)[C@]2(Cc3ccccn3)CNCCN12.[Pt].[Pt]. The van der Waals surface area contributed by atoms with Gasteiger partial charge in [-0.2, -0.15) is 13.2 Å². The minimum Gasteiger partial charge on any atom is -0.664 e. The second-order valence-electron chi connectivity index (χ2n) is 20.9. The van der Waals surface area contributed by atoms with Crippen molar-refractivity contribution in [1.29, 1.82) is 0 Å². The van der Waals surface area contributed by atoms with E-state index in [4.69, 9.17) is 26.0 Å². The number of nitrogens with zero attached hydrogens (tertiary/aromatic N) is 7. The molecule has 0 unspecified atom stereocenters. The van der Waals surface area contributed by atoms with Gasteiger partial charge in [0.25, 0.3) is 11.8 Å². The molecule has 4 aromatic rings. The van der Waals surface area contributed by atoms with Crippen LogP contribution in [0.4, 0.5) is 22.8 Å². The summed E-state index contributed by atoms with van der Waals surface area (Å²) in [5.74, 6) is -4.11. The van der Waals surface area contributed by atoms with Crippen LogP contribution < -0.4 is 16.0 Å². The number of benzene rings is 2. The zero-order valence-electron chi connectivity index (χ0n) is 46.2. The van der Waals surface area contributed by atoms with Crippen molar-refractivity contribution in [3.05, 3.63) is 143 Å². The predicted octanol–water partition coefficient (Wildman–Crippen LogP) is 4.02. The Morgan fingerprint density at radius 2 is 1.14 bits per heavy atom. The zero-order valence-corrected chi connectivity index (χ0v) is 50.7.